The molecule has 10 heteroatoms. The number of nitrogens with zero attached hydrogens (tertiary/aromatic N) is 1. The maximum atomic E-state index is 13.3. The van der Waals surface area contributed by atoms with Crippen molar-refractivity contribution >= 4 is 34.0 Å². The van der Waals surface area contributed by atoms with Gasteiger partial charge >= 0.3 is 0 Å². The molecule has 0 aromatic heterocycles. The van der Waals surface area contributed by atoms with E-state index in [1.54, 1.807) is 4.90 Å². The molecule has 1 heterocycles. The van der Waals surface area contributed by atoms with Crippen molar-refractivity contribution in [3.05, 3.63) is 59.7 Å². The maximum absolute atomic E-state index is 13.3. The highest BCUT2D eigenvalue weighted by molar-refractivity contribution is 7.92. The molecule has 1 aliphatic rings. The Bertz CT molecular complexity index is 955. The number of carbonyl (C=O) groups excluding carboxylic acids is 1. The summed E-state index contributed by atoms with van der Waals surface area (Å²) in [7, 11) is -4.08. The summed E-state index contributed by atoms with van der Waals surface area (Å²) in [6, 6.07) is 8.37. The third-order valence-electron chi connectivity index (χ3n) is 4.35. The summed E-state index contributed by atoms with van der Waals surface area (Å²) in [6.07, 6.45) is 0. The Morgan fingerprint density at radius 1 is 1.14 bits per heavy atom. The van der Waals surface area contributed by atoms with Gasteiger partial charge in [-0.15, -0.1) is 12.4 Å². The average molecular weight is 432 g/mol. The normalized spacial score (nSPS) is 17.0. The Labute approximate surface area is 168 Å². The van der Waals surface area contributed by atoms with Gasteiger partial charge in [-0.1, -0.05) is 0 Å². The summed E-state index contributed by atoms with van der Waals surface area (Å²) in [6.45, 7) is 4.00. The monoisotopic (exact) mass is 431 g/mol. The molecule has 0 bridgehead atoms. The molecule has 1 fully saturated rings. The number of nitrogens with one attached hydrogen (secondary N) is 2. The quantitative estimate of drug-likeness (QED) is 0.780. The van der Waals surface area contributed by atoms with E-state index in [4.69, 9.17) is 0 Å². The van der Waals surface area contributed by atoms with Crippen LogP contribution in [-0.4, -0.2) is 44.9 Å². The molecule has 1 atom stereocenters. The van der Waals surface area contributed by atoms with Crippen molar-refractivity contribution in [1.29, 1.82) is 0 Å². The topological polar surface area (TPSA) is 78.5 Å². The molecule has 28 heavy (non-hydrogen) atoms. The van der Waals surface area contributed by atoms with Crippen LogP contribution < -0.4 is 10.0 Å². The van der Waals surface area contributed by atoms with Gasteiger partial charge in [0.1, 0.15) is 0 Å². The Hall–Kier alpha value is -2.23. The minimum Gasteiger partial charge on any atom is -0.333 e. The number of piperazine rings is 1. The van der Waals surface area contributed by atoms with E-state index in [-0.39, 0.29) is 30.0 Å². The van der Waals surface area contributed by atoms with Gasteiger partial charge in [0, 0.05) is 36.9 Å². The van der Waals surface area contributed by atoms with Crippen LogP contribution in [0.15, 0.2) is 47.4 Å². The fraction of sp³-hybridized carbons (Fsp3) is 0.278. The lowest BCUT2D eigenvalue weighted by molar-refractivity contribution is 0.0656. The number of hydrogen-bond acceptors (Lipinski definition) is 4. The first-order valence-electron chi connectivity index (χ1n) is 8.37. The van der Waals surface area contributed by atoms with Gasteiger partial charge in [0.05, 0.1) is 4.90 Å². The average Bonchev–Trinajstić information content (AvgIpc) is 2.64. The Morgan fingerprint density at radius 2 is 1.82 bits per heavy atom. The smallest absolute Gasteiger partial charge is 0.261 e. The second-order valence-corrected chi connectivity index (χ2v) is 7.99. The van der Waals surface area contributed by atoms with Crippen LogP contribution in [-0.2, 0) is 10.0 Å². The van der Waals surface area contributed by atoms with Gasteiger partial charge in [0.15, 0.2) is 11.6 Å². The molecular formula is C18H20ClF2N3O3S. The molecule has 2 aromatic rings. The fourth-order valence-corrected chi connectivity index (χ4v) is 3.92. The number of anilines is 1. The molecule has 1 saturated heterocycles. The first-order valence-corrected chi connectivity index (χ1v) is 9.86. The zero-order chi connectivity index (χ0) is 19.6. The van der Waals surface area contributed by atoms with Gasteiger partial charge in [0.25, 0.3) is 15.9 Å². The molecule has 6 nitrogen and oxygen atoms in total. The first kappa shape index (κ1) is 22.1. The number of carbonyl (C=O) groups is 1. The molecule has 0 saturated carbocycles. The van der Waals surface area contributed by atoms with E-state index in [0.717, 1.165) is 25.2 Å². The van der Waals surface area contributed by atoms with Gasteiger partial charge in [0.2, 0.25) is 0 Å². The number of halogens is 3. The predicted octanol–water partition coefficient (Wildman–Crippen LogP) is 2.62. The molecular weight excluding hydrogens is 412 g/mol. The van der Waals surface area contributed by atoms with Crippen molar-refractivity contribution in [1.82, 2.24) is 10.2 Å². The Morgan fingerprint density at radius 3 is 2.43 bits per heavy atom. The van der Waals surface area contributed by atoms with Gasteiger partial charge in [-0.25, -0.2) is 17.2 Å². The van der Waals surface area contributed by atoms with E-state index in [2.05, 4.69) is 10.0 Å². The molecule has 1 aliphatic heterocycles. The van der Waals surface area contributed by atoms with Crippen molar-refractivity contribution in [3.63, 3.8) is 0 Å². The van der Waals surface area contributed by atoms with E-state index in [1.807, 2.05) is 6.92 Å². The summed E-state index contributed by atoms with van der Waals surface area (Å²) in [5, 5.41) is 3.21. The van der Waals surface area contributed by atoms with Crippen LogP contribution in [0.3, 0.4) is 0 Å². The number of hydrogen-bond donors (Lipinski definition) is 2. The standard InChI is InChI=1S/C18H19F2N3O3S.ClH/c1-12-11-21-8-9-23(12)18(24)13-2-4-14(5-3-13)22-27(25,26)15-6-7-16(19)17(20)10-15;/h2-7,10,12,21-22H,8-9,11H2,1H3;1H/t12-;/m1./s1. The zero-order valence-corrected chi connectivity index (χ0v) is 16.6. The van der Waals surface area contributed by atoms with Gasteiger partial charge in [-0.05, 0) is 49.4 Å². The van der Waals surface area contributed by atoms with Crippen molar-refractivity contribution in [2.45, 2.75) is 17.9 Å². The minimum atomic E-state index is -4.08. The SMILES string of the molecule is C[C@@H]1CNCCN1C(=O)c1ccc(NS(=O)(=O)c2ccc(F)c(F)c2)cc1.Cl. The minimum absolute atomic E-state index is 0. The van der Waals surface area contributed by atoms with Crippen molar-refractivity contribution in [3.8, 4) is 0 Å². The molecule has 0 spiro atoms. The largest absolute Gasteiger partial charge is 0.333 e. The first-order chi connectivity index (χ1) is 12.8. The summed E-state index contributed by atoms with van der Waals surface area (Å²) >= 11 is 0. The third-order valence-corrected chi connectivity index (χ3v) is 5.73. The van der Waals surface area contributed by atoms with Crippen molar-refractivity contribution in [2.75, 3.05) is 24.4 Å². The van der Waals surface area contributed by atoms with Crippen LogP contribution in [0.4, 0.5) is 14.5 Å². The molecule has 2 aromatic carbocycles. The molecule has 2 N–H and O–H groups in total. The van der Waals surface area contributed by atoms with E-state index in [9.17, 15) is 22.0 Å². The molecule has 0 aliphatic carbocycles. The van der Waals surface area contributed by atoms with Gasteiger partial charge in [-0.2, -0.15) is 0 Å². The van der Waals surface area contributed by atoms with E-state index in [1.165, 1.54) is 24.3 Å². The maximum Gasteiger partial charge on any atom is 0.261 e. The molecule has 3 rings (SSSR count). The zero-order valence-electron chi connectivity index (χ0n) is 15.0. The molecule has 152 valence electrons. The second-order valence-electron chi connectivity index (χ2n) is 6.31. The summed E-state index contributed by atoms with van der Waals surface area (Å²) in [5.41, 5.74) is 0.657. The van der Waals surface area contributed by atoms with Gasteiger partial charge < -0.3 is 10.2 Å². The summed E-state index contributed by atoms with van der Waals surface area (Å²) in [5.74, 6) is -2.50. The van der Waals surface area contributed by atoms with Crippen LogP contribution in [0.25, 0.3) is 0 Å². The number of rotatable bonds is 4. The highest BCUT2D eigenvalue weighted by Gasteiger charge is 2.24. The number of benzene rings is 2. The van der Waals surface area contributed by atoms with Gasteiger partial charge in [-0.3, -0.25) is 9.52 Å². The molecule has 0 unspecified atom stereocenters. The van der Waals surface area contributed by atoms with Crippen LogP contribution in [0.1, 0.15) is 17.3 Å². The summed E-state index contributed by atoms with van der Waals surface area (Å²) in [4.78, 5) is 13.9. The Kier molecular flexibility index (Phi) is 6.97. The van der Waals surface area contributed by atoms with Crippen LogP contribution >= 0.6 is 12.4 Å². The lowest BCUT2D eigenvalue weighted by Crippen LogP contribution is -2.52. The number of sulfonamides is 1. The van der Waals surface area contributed by atoms with E-state index in [0.29, 0.717) is 18.2 Å². The lowest BCUT2D eigenvalue weighted by atomic mass is 10.1. The third kappa shape index (κ3) is 4.78. The van der Waals surface area contributed by atoms with Crippen LogP contribution in [0, 0.1) is 11.6 Å². The number of amides is 1. The highest BCUT2D eigenvalue weighted by atomic mass is 35.5. The lowest BCUT2D eigenvalue weighted by Gasteiger charge is -2.34. The Balaban J connectivity index is 0.00000280. The van der Waals surface area contributed by atoms with Crippen LogP contribution in [0.2, 0.25) is 0 Å². The van der Waals surface area contributed by atoms with E-state index < -0.39 is 26.6 Å². The second kappa shape index (κ2) is 8.85. The highest BCUT2D eigenvalue weighted by Crippen LogP contribution is 2.19. The molecule has 1 amide bonds. The van der Waals surface area contributed by atoms with Crippen molar-refractivity contribution in [2.24, 2.45) is 0 Å². The fourth-order valence-electron chi connectivity index (χ4n) is 2.85. The van der Waals surface area contributed by atoms with Crippen molar-refractivity contribution < 1.29 is 22.0 Å². The van der Waals surface area contributed by atoms with E-state index >= 15 is 0 Å². The summed E-state index contributed by atoms with van der Waals surface area (Å²) < 4.78 is 53.1. The van der Waals surface area contributed by atoms with Crippen LogP contribution in [0.5, 0.6) is 0 Å². The predicted molar refractivity (Wildman–Crippen MR) is 104 cm³/mol. The molecule has 0 radical (unpaired) electrons.